The number of carbonyl (C=O) groups is 2. The third-order valence-corrected chi connectivity index (χ3v) is 6.40. The summed E-state index contributed by atoms with van der Waals surface area (Å²) < 4.78 is 0. The van der Waals surface area contributed by atoms with Crippen molar-refractivity contribution in [2.24, 2.45) is 16.6 Å². The summed E-state index contributed by atoms with van der Waals surface area (Å²) >= 11 is 0. The first-order valence-corrected chi connectivity index (χ1v) is 10.8. The van der Waals surface area contributed by atoms with E-state index in [1.165, 1.54) is 49.3 Å². The number of nitrogens with zero attached hydrogens (tertiary/aromatic N) is 1. The molecule has 0 heterocycles. The van der Waals surface area contributed by atoms with Crippen molar-refractivity contribution in [2.45, 2.75) is 39.9 Å². The highest BCUT2D eigenvalue weighted by molar-refractivity contribution is 8.76. The molecule has 0 saturated carbocycles. The number of aliphatic hydroxyl groups excluding tert-OH is 4. The first-order valence-electron chi connectivity index (χ1n) is 8.33. The Bertz CT molecular complexity index is 428. The number of nitrogens with two attached hydrogens (primary N) is 1. The standard InChI is InChI=1S/C16H32N2O6S2/c1-15(2,9-19)11(21)13(23)18(6-8-26-25-7-5-17)14(24)12(22)16(3,4)10-20/h11-12,19-22H,5-10,17H2,1-4H3/t11-,12-/m0/s1. The van der Waals surface area contributed by atoms with E-state index in [-0.39, 0.29) is 6.54 Å². The highest BCUT2D eigenvalue weighted by atomic mass is 33.1. The smallest absolute Gasteiger partial charge is 0.258 e. The van der Waals surface area contributed by atoms with Crippen LogP contribution in [0.25, 0.3) is 0 Å². The number of imide groups is 1. The number of amides is 2. The molecule has 0 aliphatic heterocycles. The fraction of sp³-hybridized carbons (Fsp3) is 0.875. The maximum atomic E-state index is 12.7. The van der Waals surface area contributed by atoms with Crippen LogP contribution in [0.1, 0.15) is 27.7 Å². The van der Waals surface area contributed by atoms with Gasteiger partial charge in [0.05, 0.1) is 13.2 Å². The van der Waals surface area contributed by atoms with E-state index in [1.807, 2.05) is 0 Å². The van der Waals surface area contributed by atoms with Crippen LogP contribution in [-0.2, 0) is 9.59 Å². The van der Waals surface area contributed by atoms with E-state index in [1.54, 1.807) is 0 Å². The molecule has 8 nitrogen and oxygen atoms in total. The molecule has 6 N–H and O–H groups in total. The SMILES string of the molecule is CC(C)(CO)[C@@H](O)C(=O)N(CCSSCCN)C(=O)[C@H](O)C(C)(C)CO. The zero-order valence-corrected chi connectivity index (χ0v) is 17.5. The Hall–Kier alpha value is -0.360. The molecular weight excluding hydrogens is 380 g/mol. The predicted molar refractivity (Wildman–Crippen MR) is 104 cm³/mol. The summed E-state index contributed by atoms with van der Waals surface area (Å²) in [6.45, 7) is 5.58. The van der Waals surface area contributed by atoms with Gasteiger partial charge < -0.3 is 26.2 Å². The Labute approximate surface area is 162 Å². The number of hydrogen-bond acceptors (Lipinski definition) is 9. The summed E-state index contributed by atoms with van der Waals surface area (Å²) in [5.41, 5.74) is 3.12. The van der Waals surface area contributed by atoms with E-state index in [4.69, 9.17) is 5.73 Å². The third kappa shape index (κ3) is 7.34. The van der Waals surface area contributed by atoms with Crippen molar-refractivity contribution in [3.8, 4) is 0 Å². The average molecular weight is 413 g/mol. The van der Waals surface area contributed by atoms with Gasteiger partial charge in [0.25, 0.3) is 11.8 Å². The van der Waals surface area contributed by atoms with E-state index in [9.17, 15) is 30.0 Å². The second kappa shape index (κ2) is 11.5. The highest BCUT2D eigenvalue weighted by Gasteiger charge is 2.42. The van der Waals surface area contributed by atoms with Gasteiger partial charge in [0.2, 0.25) is 0 Å². The maximum absolute atomic E-state index is 12.7. The molecule has 0 saturated heterocycles. The van der Waals surface area contributed by atoms with Gasteiger partial charge in [0.1, 0.15) is 12.2 Å². The average Bonchev–Trinajstić information content (AvgIpc) is 2.62. The molecule has 0 aliphatic rings. The van der Waals surface area contributed by atoms with Crippen LogP contribution in [0.4, 0.5) is 0 Å². The van der Waals surface area contributed by atoms with Gasteiger partial charge in [-0.1, -0.05) is 49.3 Å². The molecule has 0 unspecified atom stereocenters. The van der Waals surface area contributed by atoms with Crippen molar-refractivity contribution >= 4 is 33.4 Å². The molecular formula is C16H32N2O6S2. The predicted octanol–water partition coefficient (Wildman–Crippen LogP) is -0.559. The summed E-state index contributed by atoms with van der Waals surface area (Å²) in [6, 6.07) is 0. The topological polar surface area (TPSA) is 144 Å². The van der Waals surface area contributed by atoms with Crippen LogP contribution in [0.2, 0.25) is 0 Å². The highest BCUT2D eigenvalue weighted by Crippen LogP contribution is 2.26. The molecule has 0 aromatic heterocycles. The molecule has 2 atom stereocenters. The van der Waals surface area contributed by atoms with Crippen LogP contribution in [0, 0.1) is 10.8 Å². The Morgan fingerprint density at radius 3 is 1.65 bits per heavy atom. The minimum atomic E-state index is -1.61. The molecule has 0 radical (unpaired) electrons. The fourth-order valence-electron chi connectivity index (χ4n) is 1.76. The number of aliphatic hydroxyl groups is 4. The molecule has 0 rings (SSSR count). The van der Waals surface area contributed by atoms with E-state index >= 15 is 0 Å². The van der Waals surface area contributed by atoms with Gasteiger partial charge in [-0.05, 0) is 0 Å². The maximum Gasteiger partial charge on any atom is 0.258 e. The first-order chi connectivity index (χ1) is 12.0. The molecule has 0 aromatic rings. The van der Waals surface area contributed by atoms with E-state index < -0.39 is 48.1 Å². The zero-order chi connectivity index (χ0) is 20.5. The summed E-state index contributed by atoms with van der Waals surface area (Å²) in [7, 11) is 2.91. The van der Waals surface area contributed by atoms with E-state index in [2.05, 4.69) is 0 Å². The van der Waals surface area contributed by atoms with Gasteiger partial charge in [-0.2, -0.15) is 0 Å². The van der Waals surface area contributed by atoms with Crippen LogP contribution in [0.5, 0.6) is 0 Å². The van der Waals surface area contributed by atoms with Crippen LogP contribution in [0.15, 0.2) is 0 Å². The molecule has 0 bridgehead atoms. The Morgan fingerprint density at radius 2 is 1.31 bits per heavy atom. The molecule has 0 spiro atoms. The van der Waals surface area contributed by atoms with Crippen molar-refractivity contribution in [3.05, 3.63) is 0 Å². The molecule has 0 aliphatic carbocycles. The molecule has 10 heteroatoms. The Kier molecular flexibility index (Phi) is 11.3. The Morgan fingerprint density at radius 1 is 0.923 bits per heavy atom. The van der Waals surface area contributed by atoms with Gasteiger partial charge in [0.15, 0.2) is 0 Å². The minimum Gasteiger partial charge on any atom is -0.396 e. The lowest BCUT2D eigenvalue weighted by Gasteiger charge is -2.35. The van der Waals surface area contributed by atoms with Crippen LogP contribution < -0.4 is 5.73 Å². The van der Waals surface area contributed by atoms with Crippen LogP contribution >= 0.6 is 21.6 Å². The second-order valence-electron chi connectivity index (χ2n) is 7.36. The van der Waals surface area contributed by atoms with Gasteiger partial charge >= 0.3 is 0 Å². The lowest BCUT2D eigenvalue weighted by atomic mass is 9.85. The summed E-state index contributed by atoms with van der Waals surface area (Å²) in [5, 5.41) is 39.3. The Balaban J connectivity index is 5.34. The minimum absolute atomic E-state index is 0.0168. The molecule has 2 amide bonds. The normalized spacial score (nSPS) is 14.8. The van der Waals surface area contributed by atoms with Crippen LogP contribution in [0.3, 0.4) is 0 Å². The van der Waals surface area contributed by atoms with Crippen molar-refractivity contribution in [1.82, 2.24) is 4.90 Å². The van der Waals surface area contributed by atoms with Crippen molar-refractivity contribution in [1.29, 1.82) is 0 Å². The van der Waals surface area contributed by atoms with Crippen LogP contribution in [-0.4, -0.2) is 87.2 Å². The quantitative estimate of drug-likeness (QED) is 0.210. The molecule has 26 heavy (non-hydrogen) atoms. The second-order valence-corrected chi connectivity index (χ2v) is 10.1. The van der Waals surface area contributed by atoms with Crippen molar-refractivity contribution in [2.75, 3.05) is 37.8 Å². The largest absolute Gasteiger partial charge is 0.396 e. The summed E-state index contributed by atoms with van der Waals surface area (Å²) in [5.74, 6) is -0.661. The lowest BCUT2D eigenvalue weighted by Crippen LogP contribution is -2.55. The van der Waals surface area contributed by atoms with Gasteiger partial charge in [-0.3, -0.25) is 14.5 Å². The zero-order valence-electron chi connectivity index (χ0n) is 15.8. The van der Waals surface area contributed by atoms with E-state index in [0.29, 0.717) is 18.1 Å². The molecule has 0 aromatic carbocycles. The van der Waals surface area contributed by atoms with Crippen molar-refractivity contribution < 1.29 is 30.0 Å². The molecule has 0 fully saturated rings. The summed E-state index contributed by atoms with van der Waals surface area (Å²) in [4.78, 5) is 26.1. The van der Waals surface area contributed by atoms with Crippen molar-refractivity contribution in [3.63, 3.8) is 0 Å². The number of rotatable bonds is 12. The number of hydrogen-bond donors (Lipinski definition) is 5. The fourth-order valence-corrected chi connectivity index (χ4v) is 3.57. The van der Waals surface area contributed by atoms with Gasteiger partial charge in [0, 0.05) is 35.4 Å². The molecule has 154 valence electrons. The summed E-state index contributed by atoms with van der Waals surface area (Å²) in [6.07, 6.45) is -3.22. The lowest BCUT2D eigenvalue weighted by molar-refractivity contribution is -0.163. The number of carbonyl (C=O) groups excluding carboxylic acids is 2. The first kappa shape index (κ1) is 25.6. The van der Waals surface area contributed by atoms with Gasteiger partial charge in [-0.15, -0.1) is 0 Å². The van der Waals surface area contributed by atoms with Gasteiger partial charge in [-0.25, -0.2) is 0 Å². The monoisotopic (exact) mass is 412 g/mol. The third-order valence-electron chi connectivity index (χ3n) is 3.98. The van der Waals surface area contributed by atoms with E-state index in [0.717, 1.165) is 4.90 Å².